The van der Waals surface area contributed by atoms with Crippen LogP contribution in [-0.2, 0) is 42.6 Å². The molecule has 0 aromatic heterocycles. The normalized spacial score (nSPS) is 54.6. The van der Waals surface area contributed by atoms with Crippen molar-refractivity contribution in [1.29, 1.82) is 0 Å². The topological polar surface area (TPSA) is 311 Å². The van der Waals surface area contributed by atoms with Crippen molar-refractivity contribution in [2.24, 2.45) is 5.73 Å². The van der Waals surface area contributed by atoms with Crippen LogP contribution in [0.2, 0.25) is 0 Å². The largest absolute Gasteiger partial charge is 0.394 e. The van der Waals surface area contributed by atoms with Crippen LogP contribution < -0.4 is 5.73 Å². The number of hydrogen-bond acceptors (Lipinski definition) is 20. The first-order valence-corrected chi connectivity index (χ1v) is 15.7. The van der Waals surface area contributed by atoms with Gasteiger partial charge in [-0.15, -0.1) is 0 Å². The van der Waals surface area contributed by atoms with E-state index in [4.69, 9.17) is 48.4 Å². The molecule has 6 fully saturated rings. The maximum Gasteiger partial charge on any atom is 0.198 e. The fourth-order valence-corrected chi connectivity index (χ4v) is 7.07. The molecular formula is C27H45NO19. The van der Waals surface area contributed by atoms with Crippen molar-refractivity contribution in [2.75, 3.05) is 33.0 Å². The van der Waals surface area contributed by atoms with Crippen LogP contribution in [0.4, 0.5) is 0 Å². The van der Waals surface area contributed by atoms with Crippen LogP contribution in [-0.4, -0.2) is 206 Å². The molecular weight excluding hydrogens is 642 g/mol. The molecule has 6 saturated heterocycles. The van der Waals surface area contributed by atoms with E-state index in [9.17, 15) is 51.1 Å². The van der Waals surface area contributed by atoms with E-state index in [1.807, 2.05) is 0 Å². The van der Waals surface area contributed by atoms with Crippen molar-refractivity contribution >= 4 is 0 Å². The number of rotatable bonds is 11. The number of aliphatic hydroxyl groups excluding tert-OH is 10. The van der Waals surface area contributed by atoms with Crippen LogP contribution in [0.25, 0.3) is 0 Å². The van der Waals surface area contributed by atoms with Crippen molar-refractivity contribution in [3.8, 4) is 0 Å². The monoisotopic (exact) mass is 687 g/mol. The molecule has 0 aromatic carbocycles. The van der Waals surface area contributed by atoms with E-state index in [0.717, 1.165) is 0 Å². The summed E-state index contributed by atoms with van der Waals surface area (Å²) in [6, 6.07) is 0. The van der Waals surface area contributed by atoms with Crippen molar-refractivity contribution in [3.05, 3.63) is 0 Å². The summed E-state index contributed by atoms with van der Waals surface area (Å²) in [5.41, 5.74) is 5.67. The number of nitrogens with two attached hydrogens (primary N) is 1. The molecule has 20 nitrogen and oxygen atoms in total. The third kappa shape index (κ3) is 6.47. The Labute approximate surface area is 267 Å². The van der Waals surface area contributed by atoms with Crippen molar-refractivity contribution in [1.82, 2.24) is 0 Å². The summed E-state index contributed by atoms with van der Waals surface area (Å²) in [6.45, 7) is -1.44. The van der Waals surface area contributed by atoms with E-state index in [1.165, 1.54) is 0 Å². The second-order valence-corrected chi connectivity index (χ2v) is 12.6. The van der Waals surface area contributed by atoms with Gasteiger partial charge < -0.3 is 99.4 Å². The fraction of sp³-hybridized carbons (Fsp3) is 1.00. The van der Waals surface area contributed by atoms with E-state index in [2.05, 4.69) is 0 Å². The first-order valence-electron chi connectivity index (χ1n) is 15.7. The summed E-state index contributed by atoms with van der Waals surface area (Å²) in [7, 11) is 0. The van der Waals surface area contributed by atoms with Crippen LogP contribution in [0, 0.1) is 0 Å². The molecule has 6 aliphatic heterocycles. The summed E-state index contributed by atoms with van der Waals surface area (Å²) >= 11 is 0. The summed E-state index contributed by atoms with van der Waals surface area (Å²) in [4.78, 5) is 0. The van der Waals surface area contributed by atoms with E-state index < -0.39 is 136 Å². The van der Waals surface area contributed by atoms with Gasteiger partial charge in [-0.3, -0.25) is 0 Å². The van der Waals surface area contributed by atoms with Gasteiger partial charge in [-0.1, -0.05) is 0 Å². The van der Waals surface area contributed by atoms with Crippen LogP contribution in [0.5, 0.6) is 0 Å². The van der Waals surface area contributed by atoms with Crippen molar-refractivity contribution < 1.29 is 93.7 Å². The average Bonchev–Trinajstić information content (AvgIpc) is 3.54. The second kappa shape index (κ2) is 14.4. The Bertz CT molecular complexity index is 1050. The zero-order valence-electron chi connectivity index (χ0n) is 25.1. The van der Waals surface area contributed by atoms with Crippen LogP contribution in [0.3, 0.4) is 0 Å². The maximum atomic E-state index is 11.3. The lowest BCUT2D eigenvalue weighted by molar-refractivity contribution is -0.400. The Kier molecular flexibility index (Phi) is 11.1. The van der Waals surface area contributed by atoms with Gasteiger partial charge in [-0.05, 0) is 13.0 Å². The Morgan fingerprint density at radius 3 is 1.91 bits per heavy atom. The van der Waals surface area contributed by atoms with Gasteiger partial charge in [0.05, 0.1) is 26.4 Å². The lowest BCUT2D eigenvalue weighted by Gasteiger charge is -2.51. The molecule has 0 radical (unpaired) electrons. The Balaban J connectivity index is 1.16. The molecule has 0 spiro atoms. The van der Waals surface area contributed by atoms with Crippen molar-refractivity contribution in [2.45, 2.75) is 135 Å². The lowest BCUT2D eigenvalue weighted by Crippen LogP contribution is -2.69. The van der Waals surface area contributed by atoms with Gasteiger partial charge in [0.2, 0.25) is 0 Å². The molecule has 12 N–H and O–H groups in total. The molecule has 6 aliphatic rings. The molecule has 0 aliphatic carbocycles. The zero-order chi connectivity index (χ0) is 33.8. The maximum absolute atomic E-state index is 11.3. The Hall–Kier alpha value is -0.800. The Morgan fingerprint density at radius 2 is 1.26 bits per heavy atom. The molecule has 0 aromatic rings. The smallest absolute Gasteiger partial charge is 0.198 e. The van der Waals surface area contributed by atoms with E-state index in [0.29, 0.717) is 0 Å². The summed E-state index contributed by atoms with van der Waals surface area (Å²) < 4.78 is 51.8. The van der Waals surface area contributed by atoms with E-state index >= 15 is 0 Å². The number of fused-ring (bicyclic) bond motifs is 4. The summed E-state index contributed by atoms with van der Waals surface area (Å²) in [5, 5.41) is 105. The highest BCUT2D eigenvalue weighted by Crippen LogP contribution is 2.42. The summed E-state index contributed by atoms with van der Waals surface area (Å²) in [6.07, 6.45) is -26.5. The molecule has 0 amide bonds. The van der Waals surface area contributed by atoms with Crippen LogP contribution in [0.15, 0.2) is 0 Å². The SMILES string of the molecule is NCCC[C@@]1(O[C@@H]2[C@H]3OC[C@@H]2O[C@@H](O[C@@H]2[C@@H](O)[C@H](O[C@@H]4[C@H]5OC[C@@H]4O[C@@H](O)[C@H]5O)O[C@H](CO)[C@H]2O)[C@H]3O)O[C@H](CO)[C@H](O)[C@H](O)[C@H]1O. The summed E-state index contributed by atoms with van der Waals surface area (Å²) in [5.74, 6) is -1.99. The fourth-order valence-electron chi connectivity index (χ4n) is 7.07. The molecule has 0 saturated carbocycles. The highest BCUT2D eigenvalue weighted by Gasteiger charge is 2.61. The first kappa shape index (κ1) is 36.0. The number of aliphatic hydroxyl groups is 10. The zero-order valence-corrected chi connectivity index (χ0v) is 25.1. The average molecular weight is 688 g/mol. The molecule has 4 bridgehead atoms. The van der Waals surface area contributed by atoms with Gasteiger partial charge in [0.15, 0.2) is 24.7 Å². The second-order valence-electron chi connectivity index (χ2n) is 12.6. The lowest BCUT2D eigenvalue weighted by atomic mass is 9.89. The van der Waals surface area contributed by atoms with Gasteiger partial charge in [0.25, 0.3) is 0 Å². The minimum absolute atomic E-state index is 0.0256. The van der Waals surface area contributed by atoms with Gasteiger partial charge >= 0.3 is 0 Å². The molecule has 47 heavy (non-hydrogen) atoms. The van der Waals surface area contributed by atoms with Crippen LogP contribution in [0.1, 0.15) is 12.8 Å². The van der Waals surface area contributed by atoms with E-state index in [1.54, 1.807) is 0 Å². The van der Waals surface area contributed by atoms with E-state index in [-0.39, 0.29) is 32.6 Å². The molecule has 0 unspecified atom stereocenters. The highest BCUT2D eigenvalue weighted by molar-refractivity contribution is 5.03. The minimum Gasteiger partial charge on any atom is -0.394 e. The van der Waals surface area contributed by atoms with Gasteiger partial charge in [-0.25, -0.2) is 0 Å². The third-order valence-corrected chi connectivity index (χ3v) is 9.66. The van der Waals surface area contributed by atoms with Crippen molar-refractivity contribution in [3.63, 3.8) is 0 Å². The molecule has 20 heteroatoms. The predicted octanol–water partition coefficient (Wildman–Crippen LogP) is -7.55. The predicted molar refractivity (Wildman–Crippen MR) is 144 cm³/mol. The third-order valence-electron chi connectivity index (χ3n) is 9.66. The molecule has 272 valence electrons. The highest BCUT2D eigenvalue weighted by atomic mass is 16.8. The first-order chi connectivity index (χ1) is 22.4. The standard InChI is InChI=1S/C27H45NO19/c28-3-1-2-27(23(37)14(33)12(31)9(5-30)46-27)47-19-11-7-40-22(19)17(36)26(43-11)45-20-13(32)8(4-29)42-25(16(20)35)44-18-10-6-39-21(18)15(34)24(38)41-10/h8-26,29-38H,1-7,28H2/t8-,9-,10+,11+,12+,13-,14+,15+,16-,17+,18+,19+,20+,21+,22+,23-,24-,25+,26+,27+/m1/s1. The van der Waals surface area contributed by atoms with Crippen LogP contribution >= 0.6 is 0 Å². The number of hydrogen-bond donors (Lipinski definition) is 11. The number of ether oxygens (including phenoxy) is 9. The quantitative estimate of drug-likeness (QED) is 0.0961. The Morgan fingerprint density at radius 1 is 0.638 bits per heavy atom. The van der Waals surface area contributed by atoms with Gasteiger partial charge in [0.1, 0.15) is 97.7 Å². The molecule has 6 rings (SSSR count). The van der Waals surface area contributed by atoms with Gasteiger partial charge in [-0.2, -0.15) is 0 Å². The molecule has 6 heterocycles. The van der Waals surface area contributed by atoms with Gasteiger partial charge in [0, 0.05) is 6.42 Å². The minimum atomic E-state index is -1.99. The molecule has 20 atom stereocenters.